The Labute approximate surface area is 395 Å². The van der Waals surface area contributed by atoms with Gasteiger partial charge in [-0.05, 0) is 31.4 Å². The standard InChI is InChI=1S/C54H103N2O7P/c1-5-6-7-8-9-10-11-12-13-14-17-20-23-26-29-32-35-41-47-60-51-53(63-64(58,59)62-48-46-56(2,3)4)49-55-45-40-34-31-28-25-22-19-16-15-18-21-24-27-30-33-39-44-54(57)61-50-52-42-37-36-38-43-52/h36-38,42-43,53,55H,5-35,39-41,44-51H2,1-4H3/p+1. The molecule has 0 bridgehead atoms. The average molecular weight is 924 g/mol. The minimum Gasteiger partial charge on any atom is -0.461 e. The number of unbranched alkanes of at least 4 members (excludes halogenated alkanes) is 32. The highest BCUT2D eigenvalue weighted by molar-refractivity contribution is 7.47. The van der Waals surface area contributed by atoms with Gasteiger partial charge in [-0.1, -0.05) is 236 Å². The molecule has 0 aliphatic heterocycles. The Balaban J connectivity index is 2.02. The van der Waals surface area contributed by atoms with Crippen LogP contribution < -0.4 is 5.32 Å². The highest BCUT2D eigenvalue weighted by Gasteiger charge is 2.27. The van der Waals surface area contributed by atoms with E-state index >= 15 is 0 Å². The Morgan fingerprint density at radius 1 is 0.594 bits per heavy atom. The lowest BCUT2D eigenvalue weighted by Gasteiger charge is -2.25. The van der Waals surface area contributed by atoms with Gasteiger partial charge in [-0.25, -0.2) is 4.57 Å². The van der Waals surface area contributed by atoms with E-state index < -0.39 is 13.9 Å². The molecular weight excluding hydrogens is 820 g/mol. The smallest absolute Gasteiger partial charge is 0.461 e. The topological polar surface area (TPSA) is 103 Å². The summed E-state index contributed by atoms with van der Waals surface area (Å²) in [4.78, 5) is 22.4. The van der Waals surface area contributed by atoms with Crippen LogP contribution in [0.15, 0.2) is 30.3 Å². The molecule has 376 valence electrons. The van der Waals surface area contributed by atoms with Crippen LogP contribution in [0.3, 0.4) is 0 Å². The predicted octanol–water partition coefficient (Wildman–Crippen LogP) is 15.2. The number of hydrogen-bond acceptors (Lipinski definition) is 7. The first-order valence-electron chi connectivity index (χ1n) is 27.1. The predicted molar refractivity (Wildman–Crippen MR) is 271 cm³/mol. The number of esters is 1. The molecule has 0 radical (unpaired) electrons. The van der Waals surface area contributed by atoms with Crippen LogP contribution >= 0.6 is 7.82 Å². The number of phosphoric acid groups is 1. The number of phosphoric ester groups is 1. The number of nitrogens with zero attached hydrogens (tertiary/aromatic N) is 1. The van der Waals surface area contributed by atoms with E-state index in [4.69, 9.17) is 18.5 Å². The second kappa shape index (κ2) is 44.2. The quantitative estimate of drug-likeness (QED) is 0.0288. The van der Waals surface area contributed by atoms with Crippen molar-refractivity contribution >= 4 is 13.8 Å². The van der Waals surface area contributed by atoms with E-state index in [-0.39, 0.29) is 19.2 Å². The van der Waals surface area contributed by atoms with E-state index in [1.807, 2.05) is 51.5 Å². The van der Waals surface area contributed by atoms with Gasteiger partial charge in [0.05, 0.1) is 27.7 Å². The minimum absolute atomic E-state index is 0.0815. The molecule has 0 heterocycles. The Morgan fingerprint density at radius 3 is 1.47 bits per heavy atom. The largest absolute Gasteiger partial charge is 0.472 e. The van der Waals surface area contributed by atoms with Crippen molar-refractivity contribution in [1.29, 1.82) is 0 Å². The summed E-state index contributed by atoms with van der Waals surface area (Å²) in [6, 6.07) is 9.87. The molecule has 0 aliphatic rings. The number of ether oxygens (including phenoxy) is 2. The first-order chi connectivity index (χ1) is 31.1. The molecule has 0 spiro atoms. The van der Waals surface area contributed by atoms with Gasteiger partial charge in [-0.3, -0.25) is 13.8 Å². The molecule has 1 aromatic rings. The normalized spacial score (nSPS) is 13.3. The zero-order chi connectivity index (χ0) is 46.5. The zero-order valence-corrected chi connectivity index (χ0v) is 43.3. The number of hydrogen-bond donors (Lipinski definition) is 2. The van der Waals surface area contributed by atoms with Crippen LogP contribution in [0.2, 0.25) is 0 Å². The molecule has 0 aromatic heterocycles. The second-order valence-electron chi connectivity index (χ2n) is 19.9. The molecule has 0 amide bonds. The van der Waals surface area contributed by atoms with Gasteiger partial charge in [-0.15, -0.1) is 0 Å². The lowest BCUT2D eigenvalue weighted by Crippen LogP contribution is -2.37. The Bertz CT molecular complexity index is 1180. The molecular formula is C54H104N2O7P+. The van der Waals surface area contributed by atoms with E-state index in [1.165, 1.54) is 186 Å². The number of likely N-dealkylation sites (N-methyl/N-ethyl adjacent to an activating group) is 1. The van der Waals surface area contributed by atoms with Crippen LogP contribution in [-0.2, 0) is 34.5 Å². The van der Waals surface area contributed by atoms with E-state index in [9.17, 15) is 14.3 Å². The molecule has 0 saturated carbocycles. The maximum Gasteiger partial charge on any atom is 0.472 e. The van der Waals surface area contributed by atoms with Crippen molar-refractivity contribution < 1.29 is 37.3 Å². The number of rotatable bonds is 50. The number of nitrogens with one attached hydrogen (secondary N) is 1. The third-order valence-corrected chi connectivity index (χ3v) is 13.4. The maximum absolute atomic E-state index is 12.8. The summed E-state index contributed by atoms with van der Waals surface area (Å²) < 4.78 is 35.7. The van der Waals surface area contributed by atoms with Gasteiger partial charge in [0.15, 0.2) is 0 Å². The highest BCUT2D eigenvalue weighted by Crippen LogP contribution is 2.44. The van der Waals surface area contributed by atoms with Gasteiger partial charge < -0.3 is 24.2 Å². The summed E-state index contributed by atoms with van der Waals surface area (Å²) in [7, 11) is 1.91. The van der Waals surface area contributed by atoms with Crippen molar-refractivity contribution in [3.8, 4) is 0 Å². The molecule has 1 aromatic carbocycles. The summed E-state index contributed by atoms with van der Waals surface area (Å²) in [6.45, 7) is 5.71. The van der Waals surface area contributed by atoms with Gasteiger partial charge in [0.1, 0.15) is 25.9 Å². The zero-order valence-electron chi connectivity index (χ0n) is 42.5. The molecule has 0 saturated heterocycles. The highest BCUT2D eigenvalue weighted by atomic mass is 31.2. The minimum atomic E-state index is -4.18. The molecule has 9 nitrogen and oxygen atoms in total. The Kier molecular flexibility index (Phi) is 41.9. The van der Waals surface area contributed by atoms with Gasteiger partial charge in [0, 0.05) is 19.6 Å². The molecule has 2 atom stereocenters. The summed E-state index contributed by atoms with van der Waals surface area (Å²) in [6.07, 6.45) is 44.4. The summed E-state index contributed by atoms with van der Waals surface area (Å²) in [5.74, 6) is -0.0815. The fourth-order valence-electron chi connectivity index (χ4n) is 8.16. The Hall–Kier alpha value is -1.32. The van der Waals surface area contributed by atoms with Gasteiger partial charge >= 0.3 is 13.8 Å². The van der Waals surface area contributed by atoms with Gasteiger partial charge in [0.25, 0.3) is 0 Å². The molecule has 64 heavy (non-hydrogen) atoms. The average Bonchev–Trinajstić information content (AvgIpc) is 3.26. The van der Waals surface area contributed by atoms with E-state index in [0.29, 0.717) is 37.2 Å². The SMILES string of the molecule is CCCCCCCCCCCCCCCCCCCCOCC(CNCCCCCCCCCCCCCCCCCCC(=O)OCc1ccccc1)OP(=O)(O)OCC[N+](C)(C)C. The maximum atomic E-state index is 12.8. The number of carbonyl (C=O) groups excluding carboxylic acids is 1. The lowest BCUT2D eigenvalue weighted by atomic mass is 10.0. The third kappa shape index (κ3) is 44.5. The third-order valence-electron chi connectivity index (χ3n) is 12.3. The van der Waals surface area contributed by atoms with Crippen molar-refractivity contribution in [2.75, 3.05) is 60.6 Å². The molecule has 10 heteroatoms. The van der Waals surface area contributed by atoms with Crippen LogP contribution in [0.25, 0.3) is 0 Å². The molecule has 2 N–H and O–H groups in total. The van der Waals surface area contributed by atoms with Gasteiger partial charge in [0.2, 0.25) is 0 Å². The van der Waals surface area contributed by atoms with Crippen LogP contribution in [0.1, 0.15) is 237 Å². The van der Waals surface area contributed by atoms with Crippen molar-refractivity contribution in [1.82, 2.24) is 5.32 Å². The first kappa shape index (κ1) is 60.7. The summed E-state index contributed by atoms with van der Waals surface area (Å²) in [5.41, 5.74) is 1.04. The monoisotopic (exact) mass is 924 g/mol. The molecule has 0 aliphatic carbocycles. The van der Waals surface area contributed by atoms with Crippen molar-refractivity contribution in [3.63, 3.8) is 0 Å². The second-order valence-corrected chi connectivity index (χ2v) is 21.3. The van der Waals surface area contributed by atoms with Gasteiger partial charge in [-0.2, -0.15) is 0 Å². The van der Waals surface area contributed by atoms with Crippen LogP contribution in [-0.4, -0.2) is 82.0 Å². The fraction of sp³-hybridized carbons (Fsp3) is 0.870. The van der Waals surface area contributed by atoms with Crippen LogP contribution in [0, 0.1) is 0 Å². The van der Waals surface area contributed by atoms with Crippen LogP contribution in [0.4, 0.5) is 0 Å². The molecule has 0 fully saturated rings. The van der Waals surface area contributed by atoms with E-state index in [2.05, 4.69) is 12.2 Å². The summed E-state index contributed by atoms with van der Waals surface area (Å²) in [5, 5.41) is 3.45. The number of quaternary nitrogens is 1. The number of benzene rings is 1. The van der Waals surface area contributed by atoms with Crippen molar-refractivity contribution in [3.05, 3.63) is 35.9 Å². The van der Waals surface area contributed by atoms with Crippen molar-refractivity contribution in [2.24, 2.45) is 0 Å². The summed E-state index contributed by atoms with van der Waals surface area (Å²) >= 11 is 0. The lowest BCUT2D eigenvalue weighted by molar-refractivity contribution is -0.870. The number of carbonyl (C=O) groups is 1. The fourth-order valence-corrected chi connectivity index (χ4v) is 9.05. The Morgan fingerprint density at radius 2 is 1.02 bits per heavy atom. The van der Waals surface area contributed by atoms with Crippen molar-refractivity contribution in [2.45, 2.75) is 244 Å². The first-order valence-corrected chi connectivity index (χ1v) is 28.5. The van der Waals surface area contributed by atoms with E-state index in [0.717, 1.165) is 44.2 Å². The molecule has 2 unspecified atom stereocenters. The molecule has 1 rings (SSSR count). The van der Waals surface area contributed by atoms with Crippen LogP contribution in [0.5, 0.6) is 0 Å². The van der Waals surface area contributed by atoms with E-state index in [1.54, 1.807) is 0 Å².